The normalized spacial score (nSPS) is 12.9. The Morgan fingerprint density at radius 2 is 2.00 bits per heavy atom. The Kier molecular flexibility index (Phi) is 4.87. The molecule has 1 aromatic rings. The van der Waals surface area contributed by atoms with Crippen molar-refractivity contribution < 1.29 is 0 Å². The van der Waals surface area contributed by atoms with E-state index in [1.165, 1.54) is 11.8 Å². The average molecular weight is 245 g/mol. The van der Waals surface area contributed by atoms with Crippen LogP contribution in [0.5, 0.6) is 0 Å². The Morgan fingerprint density at radius 3 is 2.47 bits per heavy atom. The van der Waals surface area contributed by atoms with Crippen LogP contribution in [0.25, 0.3) is 0 Å². The maximum Gasteiger partial charge on any atom is 0.188 e. The molecule has 1 rings (SSSR count). The third kappa shape index (κ3) is 2.85. The molecule has 0 aliphatic carbocycles. The topological polar surface area (TPSA) is 25.8 Å². The quantitative estimate of drug-likeness (QED) is 0.456. The van der Waals surface area contributed by atoms with Gasteiger partial charge in [-0.15, -0.1) is 0 Å². The summed E-state index contributed by atoms with van der Waals surface area (Å²) in [5.74, 6) is 0.434. The number of hydrogen-bond acceptors (Lipinski definition) is 3. The van der Waals surface area contributed by atoms with Crippen molar-refractivity contribution in [1.29, 1.82) is 0 Å². The molecular formula is C11H17ClN2S. The molecule has 0 spiro atoms. The fourth-order valence-electron chi connectivity index (χ4n) is 1.52. The molecule has 15 heavy (non-hydrogen) atoms. The van der Waals surface area contributed by atoms with E-state index in [9.17, 15) is 0 Å². The van der Waals surface area contributed by atoms with Crippen molar-refractivity contribution >= 4 is 23.4 Å². The van der Waals surface area contributed by atoms with Crippen molar-refractivity contribution in [3.63, 3.8) is 0 Å². The molecule has 0 aliphatic heterocycles. The smallest absolute Gasteiger partial charge is 0.188 e. The second-order valence-electron chi connectivity index (χ2n) is 3.52. The Balaban J connectivity index is 3.24. The predicted octanol–water partition coefficient (Wildman–Crippen LogP) is 3.93. The van der Waals surface area contributed by atoms with Crippen molar-refractivity contribution in [3.05, 3.63) is 16.4 Å². The minimum atomic E-state index is 0.434. The van der Waals surface area contributed by atoms with Gasteiger partial charge in [0.05, 0.1) is 0 Å². The molecule has 0 saturated heterocycles. The van der Waals surface area contributed by atoms with E-state index in [0.29, 0.717) is 11.1 Å². The van der Waals surface area contributed by atoms with E-state index in [-0.39, 0.29) is 0 Å². The summed E-state index contributed by atoms with van der Waals surface area (Å²) in [5, 5.41) is 1.39. The first-order chi connectivity index (χ1) is 7.13. The van der Waals surface area contributed by atoms with E-state index in [1.54, 1.807) is 0 Å². The number of halogens is 1. The average Bonchev–Trinajstić information content (AvgIpc) is 2.26. The van der Waals surface area contributed by atoms with Gasteiger partial charge in [-0.3, -0.25) is 0 Å². The zero-order chi connectivity index (χ0) is 11.4. The maximum absolute atomic E-state index is 6.20. The lowest BCUT2D eigenvalue weighted by molar-refractivity contribution is 0.698. The molecule has 0 bridgehead atoms. The van der Waals surface area contributed by atoms with Gasteiger partial charge in [0.15, 0.2) is 5.16 Å². The van der Waals surface area contributed by atoms with Crippen LogP contribution in [0.2, 0.25) is 5.15 Å². The third-order valence-corrected chi connectivity index (χ3v) is 3.42. The molecular weight excluding hydrogens is 228 g/mol. The van der Waals surface area contributed by atoms with Crippen LogP contribution in [0.1, 0.15) is 44.4 Å². The fraction of sp³-hybridized carbons (Fsp3) is 0.636. The molecule has 1 aromatic heterocycles. The van der Waals surface area contributed by atoms with Crippen LogP contribution in [-0.4, -0.2) is 16.2 Å². The predicted molar refractivity (Wildman–Crippen MR) is 66.9 cm³/mol. The molecule has 1 heterocycles. The van der Waals surface area contributed by atoms with Gasteiger partial charge in [0, 0.05) is 11.3 Å². The summed E-state index contributed by atoms with van der Waals surface area (Å²) in [6.45, 7) is 6.43. The van der Waals surface area contributed by atoms with E-state index >= 15 is 0 Å². The van der Waals surface area contributed by atoms with Crippen molar-refractivity contribution in [2.45, 2.75) is 44.7 Å². The molecule has 84 valence electrons. The lowest BCUT2D eigenvalue weighted by Gasteiger charge is -2.15. The summed E-state index contributed by atoms with van der Waals surface area (Å²) in [7, 11) is 0. The second kappa shape index (κ2) is 5.71. The van der Waals surface area contributed by atoms with E-state index in [1.807, 2.05) is 6.26 Å². The van der Waals surface area contributed by atoms with Gasteiger partial charge in [0.1, 0.15) is 5.15 Å². The lowest BCUT2D eigenvalue weighted by Crippen LogP contribution is -2.05. The fourth-order valence-corrected chi connectivity index (χ4v) is 2.33. The molecule has 1 unspecified atom stereocenters. The Labute approximate surface area is 101 Å². The Hall–Kier alpha value is -0.280. The highest BCUT2D eigenvalue weighted by Crippen LogP contribution is 2.29. The van der Waals surface area contributed by atoms with Crippen LogP contribution in [0.15, 0.2) is 5.16 Å². The van der Waals surface area contributed by atoms with Crippen molar-refractivity contribution in [2.75, 3.05) is 6.26 Å². The summed E-state index contributed by atoms with van der Waals surface area (Å²) >= 11 is 7.74. The van der Waals surface area contributed by atoms with E-state index in [4.69, 9.17) is 11.6 Å². The molecule has 4 heteroatoms. The van der Waals surface area contributed by atoms with Gasteiger partial charge in [-0.25, -0.2) is 9.97 Å². The van der Waals surface area contributed by atoms with Crippen molar-refractivity contribution in [3.8, 4) is 0 Å². The monoisotopic (exact) mass is 244 g/mol. The summed E-state index contributed by atoms with van der Waals surface area (Å²) in [6.07, 6.45) is 3.94. The summed E-state index contributed by atoms with van der Waals surface area (Å²) in [6, 6.07) is 0. The molecule has 0 saturated carbocycles. The standard InChI is InChI=1S/C11H17ClN2S/c1-5-7(3)9-8(6-2)13-11(15-4)14-10(9)12/h7H,5-6H2,1-4H3. The van der Waals surface area contributed by atoms with Crippen LogP contribution >= 0.6 is 23.4 Å². The third-order valence-electron chi connectivity index (χ3n) is 2.58. The number of aromatic nitrogens is 2. The van der Waals surface area contributed by atoms with E-state index in [2.05, 4.69) is 30.7 Å². The number of rotatable bonds is 4. The highest BCUT2D eigenvalue weighted by Gasteiger charge is 2.16. The Bertz CT molecular complexity index is 342. The largest absolute Gasteiger partial charge is 0.227 e. The van der Waals surface area contributed by atoms with Gasteiger partial charge in [0.25, 0.3) is 0 Å². The summed E-state index contributed by atoms with van der Waals surface area (Å²) in [4.78, 5) is 8.79. The molecule has 0 fully saturated rings. The van der Waals surface area contributed by atoms with Gasteiger partial charge in [-0.1, -0.05) is 44.1 Å². The lowest BCUT2D eigenvalue weighted by atomic mass is 9.97. The van der Waals surface area contributed by atoms with Crippen LogP contribution in [0, 0.1) is 0 Å². The molecule has 0 aromatic carbocycles. The minimum absolute atomic E-state index is 0.434. The first kappa shape index (κ1) is 12.8. The number of hydrogen-bond donors (Lipinski definition) is 0. The molecule has 0 radical (unpaired) electrons. The first-order valence-corrected chi connectivity index (χ1v) is 6.84. The summed E-state index contributed by atoms with van der Waals surface area (Å²) < 4.78 is 0. The van der Waals surface area contributed by atoms with Crippen LogP contribution in [-0.2, 0) is 6.42 Å². The van der Waals surface area contributed by atoms with E-state index in [0.717, 1.165) is 29.3 Å². The van der Waals surface area contributed by atoms with Gasteiger partial charge >= 0.3 is 0 Å². The van der Waals surface area contributed by atoms with Gasteiger partial charge < -0.3 is 0 Å². The van der Waals surface area contributed by atoms with Gasteiger partial charge in [-0.05, 0) is 25.0 Å². The zero-order valence-corrected chi connectivity index (χ0v) is 11.2. The SMILES string of the molecule is CCc1nc(SC)nc(Cl)c1C(C)CC. The molecule has 0 amide bonds. The molecule has 0 aliphatic rings. The first-order valence-electron chi connectivity index (χ1n) is 5.24. The minimum Gasteiger partial charge on any atom is -0.227 e. The molecule has 1 atom stereocenters. The summed E-state index contributed by atoms with van der Waals surface area (Å²) in [5.41, 5.74) is 2.22. The van der Waals surface area contributed by atoms with E-state index < -0.39 is 0 Å². The van der Waals surface area contributed by atoms with Crippen LogP contribution in [0.3, 0.4) is 0 Å². The van der Waals surface area contributed by atoms with Crippen molar-refractivity contribution in [2.24, 2.45) is 0 Å². The van der Waals surface area contributed by atoms with Crippen LogP contribution in [0.4, 0.5) is 0 Å². The second-order valence-corrected chi connectivity index (χ2v) is 4.66. The van der Waals surface area contributed by atoms with Crippen LogP contribution < -0.4 is 0 Å². The van der Waals surface area contributed by atoms with Gasteiger partial charge in [-0.2, -0.15) is 0 Å². The number of nitrogens with zero attached hydrogens (tertiary/aromatic N) is 2. The molecule has 0 N–H and O–H groups in total. The molecule has 2 nitrogen and oxygen atoms in total. The number of aryl methyl sites for hydroxylation is 1. The highest BCUT2D eigenvalue weighted by atomic mass is 35.5. The number of thioether (sulfide) groups is 1. The highest BCUT2D eigenvalue weighted by molar-refractivity contribution is 7.98. The maximum atomic E-state index is 6.20. The Morgan fingerprint density at radius 1 is 1.33 bits per heavy atom. The zero-order valence-electron chi connectivity index (χ0n) is 9.67. The van der Waals surface area contributed by atoms with Crippen molar-refractivity contribution in [1.82, 2.24) is 9.97 Å². The van der Waals surface area contributed by atoms with Gasteiger partial charge in [0.2, 0.25) is 0 Å².